The predicted octanol–water partition coefficient (Wildman–Crippen LogP) is 1.87. The summed E-state index contributed by atoms with van der Waals surface area (Å²) >= 11 is 5.80. The molecule has 0 saturated carbocycles. The SMILES string of the molecule is CN(CC(=O)Nc1ccc(NC(=O)CN2CCOCC2)cc1)S(=O)(=O)c1ccc(Cl)cc1. The highest BCUT2D eigenvalue weighted by Crippen LogP contribution is 2.18. The zero-order valence-corrected chi connectivity index (χ0v) is 19.2. The molecule has 0 atom stereocenters. The molecule has 0 radical (unpaired) electrons. The standard InChI is InChI=1S/C21H25ClN4O5S/c1-25(32(29,30)19-8-2-16(22)3-9-19)14-20(27)23-17-4-6-18(7-5-17)24-21(28)15-26-10-12-31-13-11-26/h2-9H,10-15H2,1H3,(H,23,27)(H,24,28). The van der Waals surface area contributed by atoms with Crippen molar-refractivity contribution in [3.63, 3.8) is 0 Å². The van der Waals surface area contributed by atoms with Crippen LogP contribution in [-0.2, 0) is 24.3 Å². The Labute approximate surface area is 192 Å². The number of nitrogens with one attached hydrogen (secondary N) is 2. The highest BCUT2D eigenvalue weighted by Gasteiger charge is 2.23. The lowest BCUT2D eigenvalue weighted by molar-refractivity contribution is -0.118. The molecule has 2 N–H and O–H groups in total. The summed E-state index contributed by atoms with van der Waals surface area (Å²) in [6.07, 6.45) is 0. The fourth-order valence-electron chi connectivity index (χ4n) is 3.07. The molecule has 2 amide bonds. The third-order valence-corrected chi connectivity index (χ3v) is 6.88. The minimum absolute atomic E-state index is 0.0503. The van der Waals surface area contributed by atoms with Crippen molar-refractivity contribution >= 4 is 44.8 Å². The van der Waals surface area contributed by atoms with Crippen LogP contribution in [0, 0.1) is 0 Å². The second-order valence-electron chi connectivity index (χ2n) is 7.28. The minimum atomic E-state index is -3.82. The van der Waals surface area contributed by atoms with Crippen molar-refractivity contribution in [1.82, 2.24) is 9.21 Å². The second-order valence-corrected chi connectivity index (χ2v) is 9.76. The summed E-state index contributed by atoms with van der Waals surface area (Å²) in [7, 11) is -2.49. The summed E-state index contributed by atoms with van der Waals surface area (Å²) in [5.74, 6) is -0.619. The number of sulfonamides is 1. The maximum absolute atomic E-state index is 12.6. The molecule has 11 heteroatoms. The van der Waals surface area contributed by atoms with Crippen molar-refractivity contribution in [2.45, 2.75) is 4.90 Å². The Morgan fingerprint density at radius 3 is 2.06 bits per heavy atom. The van der Waals surface area contributed by atoms with Crippen LogP contribution in [0.2, 0.25) is 5.02 Å². The smallest absolute Gasteiger partial charge is 0.243 e. The molecule has 2 aromatic rings. The van der Waals surface area contributed by atoms with Crippen LogP contribution in [-0.4, -0.2) is 75.9 Å². The van der Waals surface area contributed by atoms with Gasteiger partial charge < -0.3 is 15.4 Å². The Balaban J connectivity index is 1.50. The van der Waals surface area contributed by atoms with Gasteiger partial charge in [-0.3, -0.25) is 14.5 Å². The Morgan fingerprint density at radius 2 is 1.50 bits per heavy atom. The number of benzene rings is 2. The summed E-state index contributed by atoms with van der Waals surface area (Å²) < 4.78 is 31.4. The molecule has 1 saturated heterocycles. The van der Waals surface area contributed by atoms with Crippen LogP contribution >= 0.6 is 11.6 Å². The third kappa shape index (κ3) is 6.75. The number of hydrogen-bond donors (Lipinski definition) is 2. The van der Waals surface area contributed by atoms with Crippen molar-refractivity contribution in [2.75, 3.05) is 57.1 Å². The molecule has 0 bridgehead atoms. The van der Waals surface area contributed by atoms with E-state index in [4.69, 9.17) is 16.3 Å². The highest BCUT2D eigenvalue weighted by atomic mass is 35.5. The monoisotopic (exact) mass is 480 g/mol. The fraction of sp³-hybridized carbons (Fsp3) is 0.333. The molecule has 32 heavy (non-hydrogen) atoms. The minimum Gasteiger partial charge on any atom is -0.379 e. The lowest BCUT2D eigenvalue weighted by atomic mass is 10.2. The zero-order chi connectivity index (χ0) is 23.1. The normalized spacial score (nSPS) is 14.8. The van der Waals surface area contributed by atoms with Crippen molar-refractivity contribution in [3.8, 4) is 0 Å². The molecule has 1 heterocycles. The number of halogens is 1. The van der Waals surface area contributed by atoms with E-state index in [9.17, 15) is 18.0 Å². The van der Waals surface area contributed by atoms with Crippen LogP contribution in [0.25, 0.3) is 0 Å². The third-order valence-electron chi connectivity index (χ3n) is 4.81. The number of carbonyl (C=O) groups excluding carboxylic acids is 2. The van der Waals surface area contributed by atoms with Gasteiger partial charge >= 0.3 is 0 Å². The van der Waals surface area contributed by atoms with E-state index in [0.29, 0.717) is 29.6 Å². The average molecular weight is 481 g/mol. The van der Waals surface area contributed by atoms with Gasteiger partial charge in [-0.1, -0.05) is 11.6 Å². The number of morpholine rings is 1. The first-order chi connectivity index (χ1) is 15.2. The van der Waals surface area contributed by atoms with E-state index in [2.05, 4.69) is 10.6 Å². The van der Waals surface area contributed by atoms with E-state index in [1.54, 1.807) is 24.3 Å². The predicted molar refractivity (Wildman–Crippen MR) is 122 cm³/mol. The number of carbonyl (C=O) groups is 2. The van der Waals surface area contributed by atoms with E-state index in [-0.39, 0.29) is 23.9 Å². The van der Waals surface area contributed by atoms with Gasteiger partial charge in [-0.15, -0.1) is 0 Å². The summed E-state index contributed by atoms with van der Waals surface area (Å²) in [5, 5.41) is 5.89. The number of likely N-dealkylation sites (N-methyl/N-ethyl adjacent to an activating group) is 1. The molecule has 0 aromatic heterocycles. The van der Waals surface area contributed by atoms with Gasteiger partial charge in [0.05, 0.1) is 31.2 Å². The molecule has 0 unspecified atom stereocenters. The Kier molecular flexibility index (Phi) is 8.21. The number of anilines is 2. The van der Waals surface area contributed by atoms with Gasteiger partial charge in [0.1, 0.15) is 0 Å². The van der Waals surface area contributed by atoms with Crippen LogP contribution in [0.15, 0.2) is 53.4 Å². The summed E-state index contributed by atoms with van der Waals surface area (Å²) in [6, 6.07) is 12.3. The molecule has 1 aliphatic rings. The van der Waals surface area contributed by atoms with Gasteiger partial charge in [-0.2, -0.15) is 4.31 Å². The van der Waals surface area contributed by atoms with Crippen LogP contribution < -0.4 is 10.6 Å². The highest BCUT2D eigenvalue weighted by molar-refractivity contribution is 7.89. The summed E-state index contributed by atoms with van der Waals surface area (Å²) in [4.78, 5) is 26.5. The summed E-state index contributed by atoms with van der Waals surface area (Å²) in [5.41, 5.74) is 1.09. The number of amides is 2. The van der Waals surface area contributed by atoms with Crippen molar-refractivity contribution in [3.05, 3.63) is 53.6 Å². The van der Waals surface area contributed by atoms with Gasteiger partial charge in [0.2, 0.25) is 21.8 Å². The second kappa shape index (κ2) is 10.9. The van der Waals surface area contributed by atoms with Crippen molar-refractivity contribution < 1.29 is 22.7 Å². The largest absolute Gasteiger partial charge is 0.379 e. The molecule has 172 valence electrons. The van der Waals surface area contributed by atoms with E-state index in [1.165, 1.54) is 31.3 Å². The maximum Gasteiger partial charge on any atom is 0.243 e. The molecule has 1 aliphatic heterocycles. The van der Waals surface area contributed by atoms with Crippen LogP contribution in [0.1, 0.15) is 0 Å². The van der Waals surface area contributed by atoms with E-state index < -0.39 is 15.9 Å². The average Bonchev–Trinajstić information content (AvgIpc) is 2.76. The molecule has 9 nitrogen and oxygen atoms in total. The van der Waals surface area contributed by atoms with Gasteiger partial charge in [-0.25, -0.2) is 8.42 Å². The van der Waals surface area contributed by atoms with E-state index >= 15 is 0 Å². The number of ether oxygens (including phenoxy) is 1. The molecular formula is C21H25ClN4O5S. The Morgan fingerprint density at radius 1 is 0.969 bits per heavy atom. The molecule has 1 fully saturated rings. The topological polar surface area (TPSA) is 108 Å². The number of hydrogen-bond acceptors (Lipinski definition) is 6. The Hall–Kier alpha value is -2.50. The Bertz CT molecular complexity index is 1040. The van der Waals surface area contributed by atoms with Crippen molar-refractivity contribution in [1.29, 1.82) is 0 Å². The van der Waals surface area contributed by atoms with Gasteiger partial charge in [0.15, 0.2) is 0 Å². The first kappa shape index (κ1) is 24.1. The first-order valence-corrected chi connectivity index (χ1v) is 11.8. The quantitative estimate of drug-likeness (QED) is 0.597. The van der Waals surface area contributed by atoms with E-state index in [0.717, 1.165) is 17.4 Å². The zero-order valence-electron chi connectivity index (χ0n) is 17.6. The van der Waals surface area contributed by atoms with E-state index in [1.807, 2.05) is 4.90 Å². The number of rotatable bonds is 8. The lowest BCUT2D eigenvalue weighted by Crippen LogP contribution is -2.41. The molecule has 0 spiro atoms. The summed E-state index contributed by atoms with van der Waals surface area (Å²) in [6.45, 7) is 2.62. The molecule has 0 aliphatic carbocycles. The number of nitrogens with zero attached hydrogens (tertiary/aromatic N) is 2. The van der Waals surface area contributed by atoms with Gasteiger partial charge in [0, 0.05) is 36.5 Å². The van der Waals surface area contributed by atoms with Crippen molar-refractivity contribution in [2.24, 2.45) is 0 Å². The van der Waals surface area contributed by atoms with Crippen LogP contribution in [0.5, 0.6) is 0 Å². The van der Waals surface area contributed by atoms with Crippen LogP contribution in [0.4, 0.5) is 11.4 Å². The fourth-order valence-corrected chi connectivity index (χ4v) is 4.33. The lowest BCUT2D eigenvalue weighted by Gasteiger charge is -2.25. The molecular weight excluding hydrogens is 456 g/mol. The van der Waals surface area contributed by atoms with Gasteiger partial charge in [0.25, 0.3) is 0 Å². The van der Waals surface area contributed by atoms with Gasteiger partial charge in [-0.05, 0) is 48.5 Å². The maximum atomic E-state index is 12.6. The van der Waals surface area contributed by atoms with Crippen LogP contribution in [0.3, 0.4) is 0 Å². The molecule has 3 rings (SSSR count). The molecule has 2 aromatic carbocycles. The first-order valence-electron chi connectivity index (χ1n) is 9.96.